The molecule has 1 unspecified atom stereocenters. The maximum Gasteiger partial charge on any atom is 0.0617 e. The predicted octanol–water partition coefficient (Wildman–Crippen LogP) is 2.03. The second-order valence-electron chi connectivity index (χ2n) is 2.65. The Morgan fingerprint density at radius 1 is 1.75 bits per heavy atom. The smallest absolute Gasteiger partial charge is 0.0617 e. The summed E-state index contributed by atoms with van der Waals surface area (Å²) in [7, 11) is 1.67. The van der Waals surface area contributed by atoms with Crippen LogP contribution in [0.4, 0.5) is 0 Å². The average Bonchev–Trinajstić information content (AvgIpc) is 2.36. The molecule has 0 aliphatic heterocycles. The fraction of sp³-hybridized carbons (Fsp3) is 0.500. The van der Waals surface area contributed by atoms with Crippen LogP contribution in [0.2, 0.25) is 0 Å². The molecule has 0 spiro atoms. The van der Waals surface area contributed by atoms with Gasteiger partial charge in [0.15, 0.2) is 0 Å². The summed E-state index contributed by atoms with van der Waals surface area (Å²) >= 11 is 5.12. The number of halogens is 1. The number of nitrogens with two attached hydrogens (primary N) is 1. The van der Waals surface area contributed by atoms with E-state index in [9.17, 15) is 0 Å². The maximum absolute atomic E-state index is 5.79. The lowest BCUT2D eigenvalue weighted by molar-refractivity contribution is 0.180. The van der Waals surface area contributed by atoms with Gasteiger partial charge in [0.05, 0.1) is 6.61 Å². The average molecular weight is 250 g/mol. The Morgan fingerprint density at radius 3 is 3.00 bits per heavy atom. The van der Waals surface area contributed by atoms with Crippen molar-refractivity contribution in [2.45, 2.75) is 12.5 Å². The van der Waals surface area contributed by atoms with E-state index in [1.54, 1.807) is 18.4 Å². The van der Waals surface area contributed by atoms with Crippen LogP contribution in [0.3, 0.4) is 0 Å². The zero-order valence-electron chi connectivity index (χ0n) is 6.92. The van der Waals surface area contributed by atoms with E-state index < -0.39 is 0 Å². The lowest BCUT2D eigenvalue weighted by Crippen LogP contribution is -2.27. The molecule has 1 heterocycles. The topological polar surface area (TPSA) is 35.2 Å². The van der Waals surface area contributed by atoms with Crippen LogP contribution in [-0.4, -0.2) is 19.8 Å². The second kappa shape index (κ2) is 4.97. The van der Waals surface area contributed by atoms with E-state index in [1.807, 2.05) is 0 Å². The van der Waals surface area contributed by atoms with Crippen molar-refractivity contribution in [1.82, 2.24) is 0 Å². The normalized spacial score (nSPS) is 13.2. The first-order chi connectivity index (χ1) is 5.72. The van der Waals surface area contributed by atoms with Gasteiger partial charge in [-0.1, -0.05) is 0 Å². The van der Waals surface area contributed by atoms with Crippen molar-refractivity contribution < 1.29 is 4.74 Å². The summed E-state index contributed by atoms with van der Waals surface area (Å²) in [6.07, 6.45) is 0.893. The summed E-state index contributed by atoms with van der Waals surface area (Å²) in [6.45, 7) is 0.621. The fourth-order valence-electron chi connectivity index (χ4n) is 0.992. The number of rotatable bonds is 4. The molecule has 0 fully saturated rings. The number of hydrogen-bond acceptors (Lipinski definition) is 3. The van der Waals surface area contributed by atoms with E-state index in [0.717, 1.165) is 10.9 Å². The molecule has 4 heteroatoms. The maximum atomic E-state index is 5.79. The molecule has 2 nitrogen and oxygen atoms in total. The van der Waals surface area contributed by atoms with E-state index in [4.69, 9.17) is 10.5 Å². The molecule has 1 rings (SSSR count). The van der Waals surface area contributed by atoms with Crippen LogP contribution in [0, 0.1) is 0 Å². The molecule has 0 saturated carbocycles. The van der Waals surface area contributed by atoms with Crippen LogP contribution < -0.4 is 5.73 Å². The highest BCUT2D eigenvalue weighted by atomic mass is 79.9. The first-order valence-corrected chi connectivity index (χ1v) is 5.37. The summed E-state index contributed by atoms with van der Waals surface area (Å²) < 4.78 is 6.08. The van der Waals surface area contributed by atoms with Crippen LogP contribution >= 0.6 is 27.3 Å². The summed E-state index contributed by atoms with van der Waals surface area (Å²) in [5.41, 5.74) is 5.79. The highest BCUT2D eigenvalue weighted by Gasteiger charge is 2.04. The summed E-state index contributed by atoms with van der Waals surface area (Å²) in [4.78, 5) is 1.30. The fourth-order valence-corrected chi connectivity index (χ4v) is 2.54. The Hall–Kier alpha value is 0.1000. The molecule has 1 atom stereocenters. The minimum Gasteiger partial charge on any atom is -0.383 e. The first-order valence-electron chi connectivity index (χ1n) is 3.70. The molecule has 2 N–H and O–H groups in total. The zero-order valence-corrected chi connectivity index (χ0v) is 9.32. The van der Waals surface area contributed by atoms with Gasteiger partial charge in [0.25, 0.3) is 0 Å². The van der Waals surface area contributed by atoms with Gasteiger partial charge in [-0.15, -0.1) is 11.3 Å². The standard InChI is InChI=1S/C8H12BrNOS/c1-11-4-7(10)3-8-2-6(9)5-12-8/h2,5,7H,3-4,10H2,1H3. The Morgan fingerprint density at radius 2 is 2.50 bits per heavy atom. The molecule has 0 amide bonds. The van der Waals surface area contributed by atoms with Crippen LogP contribution in [0.15, 0.2) is 15.9 Å². The van der Waals surface area contributed by atoms with Gasteiger partial charge in [0, 0.05) is 27.9 Å². The molecular formula is C8H12BrNOS. The number of thiophene rings is 1. The molecule has 0 saturated heterocycles. The Kier molecular flexibility index (Phi) is 4.21. The Labute approximate surface area is 84.9 Å². The molecular weight excluding hydrogens is 238 g/mol. The number of ether oxygens (including phenoxy) is 1. The summed E-state index contributed by atoms with van der Waals surface area (Å²) in [5.74, 6) is 0. The molecule has 0 aliphatic rings. The molecule has 0 aliphatic carbocycles. The van der Waals surface area contributed by atoms with Gasteiger partial charge in [-0.3, -0.25) is 0 Å². The van der Waals surface area contributed by atoms with Crippen LogP contribution in [-0.2, 0) is 11.2 Å². The molecule has 12 heavy (non-hydrogen) atoms. The Balaban J connectivity index is 2.41. The van der Waals surface area contributed by atoms with Crippen molar-refractivity contribution in [2.75, 3.05) is 13.7 Å². The molecule has 1 aromatic rings. The third kappa shape index (κ3) is 3.23. The molecule has 68 valence electrons. The van der Waals surface area contributed by atoms with E-state index in [-0.39, 0.29) is 6.04 Å². The van der Waals surface area contributed by atoms with Crippen molar-refractivity contribution in [3.05, 3.63) is 20.8 Å². The third-order valence-corrected chi connectivity index (χ3v) is 3.19. The summed E-state index contributed by atoms with van der Waals surface area (Å²) in [5, 5.41) is 2.06. The number of methoxy groups -OCH3 is 1. The molecule has 0 aromatic carbocycles. The van der Waals surface area contributed by atoms with Crippen LogP contribution in [0.1, 0.15) is 4.88 Å². The van der Waals surface area contributed by atoms with E-state index in [1.165, 1.54) is 4.88 Å². The SMILES string of the molecule is COCC(N)Cc1cc(Br)cs1. The van der Waals surface area contributed by atoms with Gasteiger partial charge < -0.3 is 10.5 Å². The lowest BCUT2D eigenvalue weighted by atomic mass is 10.2. The highest BCUT2D eigenvalue weighted by molar-refractivity contribution is 9.10. The van der Waals surface area contributed by atoms with Gasteiger partial charge >= 0.3 is 0 Å². The van der Waals surface area contributed by atoms with Crippen LogP contribution in [0.5, 0.6) is 0 Å². The molecule has 0 radical (unpaired) electrons. The van der Waals surface area contributed by atoms with E-state index >= 15 is 0 Å². The quantitative estimate of drug-likeness (QED) is 0.887. The molecule has 1 aromatic heterocycles. The van der Waals surface area contributed by atoms with E-state index in [2.05, 4.69) is 27.4 Å². The second-order valence-corrected chi connectivity index (χ2v) is 4.56. The van der Waals surface area contributed by atoms with Gasteiger partial charge in [-0.2, -0.15) is 0 Å². The van der Waals surface area contributed by atoms with Gasteiger partial charge in [0.2, 0.25) is 0 Å². The predicted molar refractivity (Wildman–Crippen MR) is 55.6 cm³/mol. The van der Waals surface area contributed by atoms with Crippen molar-refractivity contribution in [1.29, 1.82) is 0 Å². The number of hydrogen-bond donors (Lipinski definition) is 1. The van der Waals surface area contributed by atoms with Gasteiger partial charge in [-0.05, 0) is 28.4 Å². The van der Waals surface area contributed by atoms with Crippen LogP contribution in [0.25, 0.3) is 0 Å². The van der Waals surface area contributed by atoms with E-state index in [0.29, 0.717) is 6.61 Å². The van der Waals surface area contributed by atoms with Gasteiger partial charge in [0.1, 0.15) is 0 Å². The lowest BCUT2D eigenvalue weighted by Gasteiger charge is -2.07. The third-order valence-electron chi connectivity index (χ3n) is 1.47. The first kappa shape index (κ1) is 10.2. The Bertz CT molecular complexity index is 239. The zero-order chi connectivity index (χ0) is 8.97. The molecule has 0 bridgehead atoms. The minimum absolute atomic E-state index is 0.112. The van der Waals surface area contributed by atoms with Crippen molar-refractivity contribution in [3.8, 4) is 0 Å². The van der Waals surface area contributed by atoms with Crippen molar-refractivity contribution in [2.24, 2.45) is 5.73 Å². The van der Waals surface area contributed by atoms with Crippen molar-refractivity contribution in [3.63, 3.8) is 0 Å². The minimum atomic E-state index is 0.112. The highest BCUT2D eigenvalue weighted by Crippen LogP contribution is 2.20. The largest absolute Gasteiger partial charge is 0.383 e. The van der Waals surface area contributed by atoms with Gasteiger partial charge in [-0.25, -0.2) is 0 Å². The summed E-state index contributed by atoms with van der Waals surface area (Å²) in [6, 6.07) is 2.21. The monoisotopic (exact) mass is 249 g/mol. The van der Waals surface area contributed by atoms with Crippen molar-refractivity contribution >= 4 is 27.3 Å².